The van der Waals surface area contributed by atoms with E-state index >= 15 is 0 Å². The molecule has 1 aliphatic heterocycles. The number of nitrogens with two attached hydrogens (primary N) is 1. The number of benzene rings is 1. The minimum atomic E-state index is -0.238. The Morgan fingerprint density at radius 1 is 1.11 bits per heavy atom. The fraction of sp³-hybridized carbons (Fsp3) is 0.308. The molecule has 0 spiro atoms. The minimum absolute atomic E-state index is 0.238. The van der Waals surface area contributed by atoms with E-state index in [9.17, 15) is 4.39 Å². The molecule has 5 N–H and O–H groups in total. The highest BCUT2D eigenvalue weighted by molar-refractivity contribution is 7.80. The third-order valence-corrected chi connectivity index (χ3v) is 6.76. The monoisotopic (exact) mass is 519 g/mol. The Labute approximate surface area is 220 Å². The van der Waals surface area contributed by atoms with Crippen LogP contribution < -0.4 is 21.7 Å². The van der Waals surface area contributed by atoms with Gasteiger partial charge in [-0.15, -0.1) is 0 Å². The summed E-state index contributed by atoms with van der Waals surface area (Å²) in [6, 6.07) is 12.6. The molecule has 0 amide bonds. The number of aromatic nitrogens is 4. The highest BCUT2D eigenvalue weighted by atomic mass is 32.1. The van der Waals surface area contributed by atoms with Gasteiger partial charge in [-0.05, 0) is 61.0 Å². The van der Waals surface area contributed by atoms with Gasteiger partial charge in [0.1, 0.15) is 5.82 Å². The molecule has 0 aliphatic carbocycles. The third kappa shape index (κ3) is 6.30. The van der Waals surface area contributed by atoms with Crippen LogP contribution in [-0.4, -0.2) is 61.8 Å². The van der Waals surface area contributed by atoms with Crippen molar-refractivity contribution in [3.05, 3.63) is 72.4 Å². The van der Waals surface area contributed by atoms with E-state index in [-0.39, 0.29) is 5.82 Å². The minimum Gasteiger partial charge on any atom is -0.397 e. The van der Waals surface area contributed by atoms with Gasteiger partial charge in [-0.1, -0.05) is 12.1 Å². The zero-order chi connectivity index (χ0) is 25.6. The average molecular weight is 520 g/mol. The van der Waals surface area contributed by atoms with Crippen LogP contribution in [0.25, 0.3) is 11.2 Å². The number of hydrogen-bond acceptors (Lipinski definition) is 7. The number of anilines is 3. The van der Waals surface area contributed by atoms with Crippen LogP contribution in [0.5, 0.6) is 0 Å². The van der Waals surface area contributed by atoms with Crippen LogP contribution in [0.15, 0.2) is 61.1 Å². The molecule has 0 unspecified atom stereocenters. The number of thiocarbonyl (C=S) groups is 1. The number of pyridine rings is 2. The highest BCUT2D eigenvalue weighted by Crippen LogP contribution is 2.23. The molecule has 1 fully saturated rings. The molecule has 0 saturated carbocycles. The number of likely N-dealkylation sites (tertiary alicyclic amines) is 1. The number of imidazole rings is 1. The maximum Gasteiger partial charge on any atom is 0.205 e. The Hall–Kier alpha value is -3.83. The molecule has 37 heavy (non-hydrogen) atoms. The fourth-order valence-electron chi connectivity index (χ4n) is 4.49. The van der Waals surface area contributed by atoms with Crippen LogP contribution in [0.2, 0.25) is 0 Å². The second-order valence-electron chi connectivity index (χ2n) is 9.10. The zero-order valence-electron chi connectivity index (χ0n) is 20.4. The van der Waals surface area contributed by atoms with Crippen molar-refractivity contribution in [3.8, 4) is 0 Å². The summed E-state index contributed by atoms with van der Waals surface area (Å²) >= 11 is 5.38. The van der Waals surface area contributed by atoms with Crippen molar-refractivity contribution >= 4 is 45.8 Å². The number of hydrogen-bond donors (Lipinski definition) is 4. The predicted molar refractivity (Wildman–Crippen MR) is 149 cm³/mol. The first kappa shape index (κ1) is 24.8. The summed E-state index contributed by atoms with van der Waals surface area (Å²) in [5, 5.41) is 10.5. The van der Waals surface area contributed by atoms with Crippen molar-refractivity contribution in [1.82, 2.24) is 29.7 Å². The Balaban J connectivity index is 1.13. The smallest absolute Gasteiger partial charge is 0.205 e. The van der Waals surface area contributed by atoms with Gasteiger partial charge in [0.2, 0.25) is 5.95 Å². The van der Waals surface area contributed by atoms with Gasteiger partial charge >= 0.3 is 0 Å². The lowest BCUT2D eigenvalue weighted by Crippen LogP contribution is -2.43. The first-order valence-electron chi connectivity index (χ1n) is 12.3. The van der Waals surface area contributed by atoms with Crippen LogP contribution >= 0.6 is 12.2 Å². The lowest BCUT2D eigenvalue weighted by atomic mass is 10.1. The van der Waals surface area contributed by atoms with Gasteiger partial charge in [0.15, 0.2) is 10.8 Å². The van der Waals surface area contributed by atoms with Gasteiger partial charge < -0.3 is 31.2 Å². The molecule has 4 aromatic rings. The summed E-state index contributed by atoms with van der Waals surface area (Å²) in [7, 11) is 0. The van der Waals surface area contributed by atoms with E-state index in [1.807, 2.05) is 12.1 Å². The van der Waals surface area contributed by atoms with E-state index in [0.717, 1.165) is 56.0 Å². The molecule has 0 bridgehead atoms. The number of rotatable bonds is 8. The highest BCUT2D eigenvalue weighted by Gasteiger charge is 2.21. The number of nitrogens with zero attached hydrogens (tertiary/aromatic N) is 5. The van der Waals surface area contributed by atoms with Crippen molar-refractivity contribution in [2.45, 2.75) is 25.4 Å². The van der Waals surface area contributed by atoms with Gasteiger partial charge in [0.05, 0.1) is 29.6 Å². The fourth-order valence-corrected chi connectivity index (χ4v) is 4.70. The molecule has 192 valence electrons. The van der Waals surface area contributed by atoms with E-state index in [4.69, 9.17) is 22.9 Å². The second kappa shape index (κ2) is 11.5. The molecular weight excluding hydrogens is 489 g/mol. The SMILES string of the molecule is Nc1ccncc1NC(=S)NCCN1CCC(Nc2nc3ncccc3n2Cc2ccc(F)cc2)CC1. The molecule has 9 nitrogen and oxygen atoms in total. The Morgan fingerprint density at radius 2 is 1.92 bits per heavy atom. The lowest BCUT2D eigenvalue weighted by molar-refractivity contribution is 0.222. The van der Waals surface area contributed by atoms with Gasteiger partial charge in [-0.2, -0.15) is 4.98 Å². The predicted octanol–water partition coefficient (Wildman–Crippen LogP) is 3.46. The van der Waals surface area contributed by atoms with Crippen molar-refractivity contribution < 1.29 is 4.39 Å². The molecule has 0 atom stereocenters. The Kier molecular flexibility index (Phi) is 7.71. The largest absolute Gasteiger partial charge is 0.397 e. The summed E-state index contributed by atoms with van der Waals surface area (Å²) in [5.74, 6) is 0.557. The number of nitrogen functional groups attached to an aromatic ring is 1. The lowest BCUT2D eigenvalue weighted by Gasteiger charge is -2.32. The van der Waals surface area contributed by atoms with Crippen molar-refractivity contribution in [2.75, 3.05) is 42.5 Å². The summed E-state index contributed by atoms with van der Waals surface area (Å²) in [6.45, 7) is 4.18. The zero-order valence-corrected chi connectivity index (χ0v) is 21.2. The molecule has 4 heterocycles. The standard InChI is InChI=1S/C26H30FN9S/c27-19-5-3-18(4-6-19)17-36-23-2-1-10-30-24(23)34-25(36)32-20-8-13-35(14-9-20)15-12-31-26(37)33-22-16-29-11-7-21(22)28/h1-7,10-11,16,20H,8-9,12-15,17H2,(H2,28,29)(H,30,32,34)(H2,31,33,37). The number of piperidine rings is 1. The molecule has 5 rings (SSSR count). The molecular formula is C26H30FN9S. The van der Waals surface area contributed by atoms with Crippen molar-refractivity contribution in [3.63, 3.8) is 0 Å². The molecule has 1 saturated heterocycles. The molecule has 1 aromatic carbocycles. The van der Waals surface area contributed by atoms with Crippen molar-refractivity contribution in [2.24, 2.45) is 0 Å². The van der Waals surface area contributed by atoms with E-state index in [2.05, 4.69) is 35.4 Å². The average Bonchev–Trinajstić information content (AvgIpc) is 3.24. The van der Waals surface area contributed by atoms with Crippen LogP contribution in [0.1, 0.15) is 18.4 Å². The summed E-state index contributed by atoms with van der Waals surface area (Å²) in [6.07, 6.45) is 7.06. The third-order valence-electron chi connectivity index (χ3n) is 6.52. The second-order valence-corrected chi connectivity index (χ2v) is 9.51. The molecule has 11 heteroatoms. The number of nitrogens with one attached hydrogen (secondary N) is 3. The summed E-state index contributed by atoms with van der Waals surface area (Å²) in [5.41, 5.74) is 9.90. The van der Waals surface area contributed by atoms with Crippen LogP contribution in [0, 0.1) is 5.82 Å². The number of halogens is 1. The Morgan fingerprint density at radius 3 is 2.70 bits per heavy atom. The van der Waals surface area contributed by atoms with Gasteiger partial charge in [-0.25, -0.2) is 9.37 Å². The summed E-state index contributed by atoms with van der Waals surface area (Å²) in [4.78, 5) is 15.7. The van der Waals surface area contributed by atoms with Gasteiger partial charge in [0.25, 0.3) is 0 Å². The van der Waals surface area contributed by atoms with Gasteiger partial charge in [0, 0.05) is 44.6 Å². The van der Waals surface area contributed by atoms with Crippen LogP contribution in [0.4, 0.5) is 21.7 Å². The Bertz CT molecular complexity index is 1350. The maximum atomic E-state index is 13.4. The first-order valence-corrected chi connectivity index (χ1v) is 12.7. The van der Waals surface area contributed by atoms with E-state index < -0.39 is 0 Å². The summed E-state index contributed by atoms with van der Waals surface area (Å²) < 4.78 is 15.5. The quantitative estimate of drug-likeness (QED) is 0.260. The van der Waals surface area contributed by atoms with Crippen molar-refractivity contribution in [1.29, 1.82) is 0 Å². The van der Waals surface area contributed by atoms with Crippen LogP contribution in [-0.2, 0) is 6.54 Å². The first-order chi connectivity index (χ1) is 18.0. The molecule has 3 aromatic heterocycles. The normalized spacial score (nSPS) is 14.5. The van der Waals surface area contributed by atoms with Gasteiger partial charge in [-0.3, -0.25) is 4.98 Å². The van der Waals surface area contributed by atoms with E-state index in [1.54, 1.807) is 36.8 Å². The van der Waals surface area contributed by atoms with E-state index in [0.29, 0.717) is 34.7 Å². The molecule has 0 radical (unpaired) electrons. The van der Waals surface area contributed by atoms with Crippen LogP contribution in [0.3, 0.4) is 0 Å². The van der Waals surface area contributed by atoms with E-state index in [1.165, 1.54) is 12.1 Å². The number of fused-ring (bicyclic) bond motifs is 1. The maximum absolute atomic E-state index is 13.4. The topological polar surface area (TPSA) is 109 Å². The molecule has 1 aliphatic rings.